The number of nitrogens with one attached hydrogen (secondary N) is 3. The van der Waals surface area contributed by atoms with Crippen molar-refractivity contribution in [2.24, 2.45) is 5.10 Å². The van der Waals surface area contributed by atoms with E-state index in [-0.39, 0.29) is 39.4 Å². The highest BCUT2D eigenvalue weighted by Crippen LogP contribution is 2.39. The highest BCUT2D eigenvalue weighted by Gasteiger charge is 2.31. The Morgan fingerprint density at radius 3 is 2.56 bits per heavy atom. The molecule has 0 fully saturated rings. The summed E-state index contributed by atoms with van der Waals surface area (Å²) in [6.45, 7) is 3.39. The first kappa shape index (κ1) is 23.5. The minimum atomic E-state index is -0.478. The van der Waals surface area contributed by atoms with E-state index in [1.165, 1.54) is 24.4 Å². The molecule has 172 valence electrons. The maximum absolute atomic E-state index is 12.8. The number of benzene rings is 2. The Balaban J connectivity index is 1.58. The van der Waals surface area contributed by atoms with E-state index < -0.39 is 11.8 Å². The van der Waals surface area contributed by atoms with Crippen LogP contribution in [-0.4, -0.2) is 33.6 Å². The summed E-state index contributed by atoms with van der Waals surface area (Å²) in [4.78, 5) is 37.0. The van der Waals surface area contributed by atoms with E-state index in [4.69, 9.17) is 34.8 Å². The summed E-state index contributed by atoms with van der Waals surface area (Å²) in [7, 11) is 0. The smallest absolute Gasteiger partial charge is 0.256 e. The van der Waals surface area contributed by atoms with Crippen LogP contribution in [0.1, 0.15) is 22.3 Å². The summed E-state index contributed by atoms with van der Waals surface area (Å²) in [6, 6.07) is 9.26. The fourth-order valence-electron chi connectivity index (χ4n) is 3.21. The van der Waals surface area contributed by atoms with E-state index in [1.807, 2.05) is 0 Å². The zero-order chi connectivity index (χ0) is 24.4. The van der Waals surface area contributed by atoms with Crippen LogP contribution in [0.15, 0.2) is 60.4 Å². The molecule has 3 amide bonds. The van der Waals surface area contributed by atoms with Gasteiger partial charge in [-0.1, -0.05) is 47.4 Å². The number of aromatic amines is 1. The van der Waals surface area contributed by atoms with Crippen LogP contribution in [0.4, 0.5) is 17.2 Å². The van der Waals surface area contributed by atoms with Crippen molar-refractivity contribution in [3.05, 3.63) is 81.4 Å². The summed E-state index contributed by atoms with van der Waals surface area (Å²) in [5, 5.41) is 18.1. The largest absolute Gasteiger partial charge is 0.323 e. The summed E-state index contributed by atoms with van der Waals surface area (Å²) in [5.74, 6) is -1.08. The van der Waals surface area contributed by atoms with Gasteiger partial charge in [0.1, 0.15) is 5.69 Å². The van der Waals surface area contributed by atoms with Crippen LogP contribution in [0.3, 0.4) is 0 Å². The van der Waals surface area contributed by atoms with Crippen LogP contribution in [0, 0.1) is 0 Å². The van der Waals surface area contributed by atoms with Gasteiger partial charge < -0.3 is 10.6 Å². The van der Waals surface area contributed by atoms with Crippen molar-refractivity contribution in [1.29, 1.82) is 0 Å². The Bertz CT molecular complexity index is 1340. The predicted octanol–water partition coefficient (Wildman–Crippen LogP) is 4.89. The molecule has 0 saturated heterocycles. The topological polar surface area (TPSA) is 120 Å². The number of halogens is 3. The Morgan fingerprint density at radius 2 is 1.85 bits per heavy atom. The molecule has 0 atom stereocenters. The van der Waals surface area contributed by atoms with E-state index >= 15 is 0 Å². The van der Waals surface area contributed by atoms with Crippen molar-refractivity contribution >= 4 is 75.4 Å². The first-order valence-corrected chi connectivity index (χ1v) is 10.8. The van der Waals surface area contributed by atoms with Crippen LogP contribution >= 0.6 is 34.8 Å². The van der Waals surface area contributed by atoms with Gasteiger partial charge in [0.2, 0.25) is 5.91 Å². The van der Waals surface area contributed by atoms with Crippen molar-refractivity contribution in [1.82, 2.24) is 10.2 Å². The number of hydrogen-bond acceptors (Lipinski definition) is 5. The molecule has 12 heteroatoms. The van der Waals surface area contributed by atoms with Gasteiger partial charge in [0.25, 0.3) is 11.8 Å². The second-order valence-corrected chi connectivity index (χ2v) is 8.27. The highest BCUT2D eigenvalue weighted by molar-refractivity contribution is 6.42. The SMILES string of the molecule is C=CC(=O)Nc1cccc(C(=O)Nc2n[nH]cc2C2=NN(c3c(Cl)cc(Cl)cc3Cl)C(=O)C2)c1. The Kier molecular flexibility index (Phi) is 6.69. The molecule has 1 aromatic heterocycles. The van der Waals surface area contributed by atoms with Gasteiger partial charge in [0.15, 0.2) is 5.82 Å². The number of amides is 3. The fraction of sp³-hybridized carbons (Fsp3) is 0.0455. The van der Waals surface area contributed by atoms with Crippen molar-refractivity contribution < 1.29 is 14.4 Å². The van der Waals surface area contributed by atoms with E-state index in [9.17, 15) is 14.4 Å². The lowest BCUT2D eigenvalue weighted by Gasteiger charge is -2.15. The normalized spacial score (nSPS) is 13.0. The quantitative estimate of drug-likeness (QED) is 0.403. The average molecular weight is 518 g/mol. The molecule has 2 heterocycles. The third-order valence-corrected chi connectivity index (χ3v) is 5.52. The molecular weight excluding hydrogens is 503 g/mol. The predicted molar refractivity (Wildman–Crippen MR) is 132 cm³/mol. The number of anilines is 3. The van der Waals surface area contributed by atoms with E-state index in [2.05, 4.69) is 32.5 Å². The minimum Gasteiger partial charge on any atom is -0.323 e. The lowest BCUT2D eigenvalue weighted by Crippen LogP contribution is -2.20. The Labute approximate surface area is 208 Å². The van der Waals surface area contributed by atoms with Gasteiger partial charge in [-0.05, 0) is 36.4 Å². The number of carbonyl (C=O) groups is 3. The molecule has 4 rings (SSSR count). The molecule has 0 spiro atoms. The molecule has 0 unspecified atom stereocenters. The van der Waals surface area contributed by atoms with Crippen LogP contribution in [-0.2, 0) is 9.59 Å². The third kappa shape index (κ3) is 4.81. The number of nitrogens with zero attached hydrogens (tertiary/aromatic N) is 3. The number of hydrazone groups is 1. The van der Waals surface area contributed by atoms with E-state index in [1.54, 1.807) is 18.2 Å². The molecule has 2 aromatic carbocycles. The van der Waals surface area contributed by atoms with Gasteiger partial charge in [-0.2, -0.15) is 15.2 Å². The van der Waals surface area contributed by atoms with E-state index in [0.29, 0.717) is 22.0 Å². The van der Waals surface area contributed by atoms with Gasteiger partial charge in [-0.25, -0.2) is 0 Å². The van der Waals surface area contributed by atoms with Crippen molar-refractivity contribution in [2.75, 3.05) is 15.6 Å². The van der Waals surface area contributed by atoms with Gasteiger partial charge in [-0.15, -0.1) is 0 Å². The van der Waals surface area contributed by atoms with Gasteiger partial charge in [0, 0.05) is 22.5 Å². The molecule has 0 radical (unpaired) electrons. The van der Waals surface area contributed by atoms with Gasteiger partial charge in [-0.3, -0.25) is 19.5 Å². The van der Waals surface area contributed by atoms with E-state index in [0.717, 1.165) is 11.1 Å². The number of rotatable bonds is 6. The second kappa shape index (κ2) is 9.68. The van der Waals surface area contributed by atoms with Crippen molar-refractivity contribution in [2.45, 2.75) is 6.42 Å². The van der Waals surface area contributed by atoms with Crippen LogP contribution < -0.4 is 15.6 Å². The summed E-state index contributed by atoms with van der Waals surface area (Å²) in [6.07, 6.45) is 2.57. The summed E-state index contributed by atoms with van der Waals surface area (Å²) in [5.41, 5.74) is 1.68. The Hall–Kier alpha value is -3.66. The molecular formula is C22H15Cl3N6O3. The van der Waals surface area contributed by atoms with Gasteiger partial charge >= 0.3 is 0 Å². The van der Waals surface area contributed by atoms with Gasteiger partial charge in [0.05, 0.1) is 27.7 Å². The number of aromatic nitrogens is 2. The fourth-order valence-corrected chi connectivity index (χ4v) is 4.18. The first-order chi connectivity index (χ1) is 16.3. The van der Waals surface area contributed by atoms with Crippen molar-refractivity contribution in [3.8, 4) is 0 Å². The molecule has 0 bridgehead atoms. The minimum absolute atomic E-state index is 0.0687. The number of carbonyl (C=O) groups excluding carboxylic acids is 3. The van der Waals surface area contributed by atoms with Crippen LogP contribution in [0.2, 0.25) is 15.1 Å². The average Bonchev–Trinajstić information content (AvgIpc) is 3.39. The lowest BCUT2D eigenvalue weighted by molar-refractivity contribution is -0.117. The molecule has 3 N–H and O–H groups in total. The standard InChI is InChI=1S/C22H15Cl3N6O3/c1-2-18(32)27-13-5-3-4-11(6-13)22(34)28-21-14(10-26-29-21)17-9-19(33)31(30-17)20-15(24)7-12(23)8-16(20)25/h2-8,10H,1,9H2,(H,27,32)(H2,26,28,29,34). The lowest BCUT2D eigenvalue weighted by atomic mass is 10.1. The maximum atomic E-state index is 12.8. The summed E-state index contributed by atoms with van der Waals surface area (Å²) < 4.78 is 0. The number of H-pyrrole nitrogens is 1. The molecule has 0 saturated carbocycles. The maximum Gasteiger partial charge on any atom is 0.256 e. The highest BCUT2D eigenvalue weighted by atomic mass is 35.5. The Morgan fingerprint density at radius 1 is 1.12 bits per heavy atom. The zero-order valence-electron chi connectivity index (χ0n) is 17.2. The zero-order valence-corrected chi connectivity index (χ0v) is 19.5. The number of hydrogen-bond donors (Lipinski definition) is 3. The monoisotopic (exact) mass is 516 g/mol. The summed E-state index contributed by atoms with van der Waals surface area (Å²) >= 11 is 18.4. The molecule has 3 aromatic rings. The molecule has 1 aliphatic heterocycles. The molecule has 9 nitrogen and oxygen atoms in total. The molecule has 0 aliphatic carbocycles. The van der Waals surface area contributed by atoms with Crippen LogP contribution in [0.5, 0.6) is 0 Å². The second-order valence-electron chi connectivity index (χ2n) is 7.02. The molecule has 1 aliphatic rings. The third-order valence-electron chi connectivity index (χ3n) is 4.73. The molecule has 34 heavy (non-hydrogen) atoms. The van der Waals surface area contributed by atoms with Crippen LogP contribution in [0.25, 0.3) is 0 Å². The first-order valence-electron chi connectivity index (χ1n) is 9.70. The van der Waals surface area contributed by atoms with Crippen molar-refractivity contribution in [3.63, 3.8) is 0 Å².